The molecule has 0 saturated carbocycles. The number of hydrogen-bond acceptors (Lipinski definition) is 2. The summed E-state index contributed by atoms with van der Waals surface area (Å²) in [7, 11) is 0. The van der Waals surface area contributed by atoms with Crippen LogP contribution in [0.5, 0.6) is 5.75 Å². The molecule has 0 radical (unpaired) electrons. The Balaban J connectivity index is 1.85. The summed E-state index contributed by atoms with van der Waals surface area (Å²) in [5.41, 5.74) is 1.88. The number of benzene rings is 1. The first kappa shape index (κ1) is 17.6. The zero-order valence-corrected chi connectivity index (χ0v) is 14.9. The Kier molecular flexibility index (Phi) is 4.87. The predicted molar refractivity (Wildman–Crippen MR) is 96.5 cm³/mol. The normalized spacial score (nSPS) is 27.5. The number of hydrogen-bond donors (Lipinski definition) is 2. The predicted octanol–water partition coefficient (Wildman–Crippen LogP) is 1.96. The highest BCUT2D eigenvalue weighted by atomic mass is 16.5. The molecule has 132 valence electrons. The molecular weight excluding hydrogens is 314 g/mol. The summed E-state index contributed by atoms with van der Waals surface area (Å²) in [5, 5.41) is 12.1. The van der Waals surface area contributed by atoms with E-state index < -0.39 is 17.3 Å². The van der Waals surface area contributed by atoms with Crippen LogP contribution in [0.3, 0.4) is 0 Å². The number of allylic oxidation sites excluding steroid dienone is 2. The van der Waals surface area contributed by atoms with Crippen molar-refractivity contribution < 1.29 is 20.0 Å². The Morgan fingerprint density at radius 1 is 1.56 bits per heavy atom. The number of ether oxygens (including phenoxy) is 1. The number of quaternary nitrogens is 1. The maximum absolute atomic E-state index is 12.0. The minimum absolute atomic E-state index is 0.000954. The number of rotatable bonds is 5. The van der Waals surface area contributed by atoms with E-state index in [1.165, 1.54) is 5.56 Å². The fourth-order valence-corrected chi connectivity index (χ4v) is 4.29. The first-order valence-electron chi connectivity index (χ1n) is 8.91. The average molecular weight is 340 g/mol. The molecule has 0 aliphatic carbocycles. The first-order valence-corrected chi connectivity index (χ1v) is 8.91. The number of carboxylic acids is 1. The average Bonchev–Trinajstić information content (AvgIpc) is 3.20. The number of terminal acetylenes is 1. The van der Waals surface area contributed by atoms with Crippen molar-refractivity contribution in [1.29, 1.82) is 0 Å². The van der Waals surface area contributed by atoms with Crippen molar-refractivity contribution in [3.05, 3.63) is 41.5 Å². The lowest BCUT2D eigenvalue weighted by molar-refractivity contribution is -0.674. The van der Waals surface area contributed by atoms with Crippen LogP contribution in [0.2, 0.25) is 0 Å². The molecule has 1 aromatic carbocycles. The molecule has 3 rings (SSSR count). The lowest BCUT2D eigenvalue weighted by Gasteiger charge is -2.25. The molecule has 2 heterocycles. The second-order valence-electron chi connectivity index (χ2n) is 7.34. The van der Waals surface area contributed by atoms with Gasteiger partial charge in [0.05, 0.1) is 24.5 Å². The molecule has 0 spiro atoms. The van der Waals surface area contributed by atoms with E-state index in [0.29, 0.717) is 13.0 Å². The molecule has 4 atom stereocenters. The van der Waals surface area contributed by atoms with Gasteiger partial charge in [-0.05, 0) is 31.0 Å². The zero-order valence-electron chi connectivity index (χ0n) is 14.9. The van der Waals surface area contributed by atoms with E-state index in [0.717, 1.165) is 24.3 Å². The highest BCUT2D eigenvalue weighted by Gasteiger charge is 2.47. The molecule has 4 nitrogen and oxygen atoms in total. The fraction of sp³-hybridized carbons (Fsp3) is 0.476. The summed E-state index contributed by atoms with van der Waals surface area (Å²) in [6.45, 7) is 5.43. The molecule has 1 fully saturated rings. The molecular formula is C21H26NO3+. The largest absolute Gasteiger partial charge is 0.493 e. The topological polar surface area (TPSA) is 63.1 Å². The van der Waals surface area contributed by atoms with Gasteiger partial charge in [0.25, 0.3) is 0 Å². The van der Waals surface area contributed by atoms with Crippen molar-refractivity contribution >= 4 is 5.97 Å². The lowest BCUT2D eigenvalue weighted by atomic mass is 9.77. The standard InChI is InChI=1S/C21H25NO3/c1-4-9-21(3,5-2)12-17-19(20(23)24)16(13-22-17)14-6-7-18-15(11-14)8-10-25-18/h2,4,6-7,9,11,16-17,19,22H,8,10,12-13H2,1,3H3,(H,23,24)/p+1/b9-4+/t16?,17?,19-,21+/m1/s1. The van der Waals surface area contributed by atoms with Gasteiger partial charge in [-0.1, -0.05) is 30.2 Å². The van der Waals surface area contributed by atoms with Crippen molar-refractivity contribution in [1.82, 2.24) is 0 Å². The Hall–Kier alpha value is -2.25. The molecule has 3 N–H and O–H groups in total. The summed E-state index contributed by atoms with van der Waals surface area (Å²) < 4.78 is 5.56. The Morgan fingerprint density at radius 2 is 2.36 bits per heavy atom. The van der Waals surface area contributed by atoms with E-state index in [2.05, 4.69) is 17.3 Å². The molecule has 2 unspecified atom stereocenters. The van der Waals surface area contributed by atoms with Crippen LogP contribution in [0.4, 0.5) is 0 Å². The van der Waals surface area contributed by atoms with E-state index in [4.69, 9.17) is 11.2 Å². The van der Waals surface area contributed by atoms with E-state index in [1.54, 1.807) is 0 Å². The van der Waals surface area contributed by atoms with E-state index >= 15 is 0 Å². The van der Waals surface area contributed by atoms with Crippen LogP contribution in [-0.4, -0.2) is 30.3 Å². The first-order chi connectivity index (χ1) is 12.0. The van der Waals surface area contributed by atoms with Crippen molar-refractivity contribution in [3.63, 3.8) is 0 Å². The van der Waals surface area contributed by atoms with Gasteiger partial charge < -0.3 is 15.2 Å². The lowest BCUT2D eigenvalue weighted by Crippen LogP contribution is -2.88. The van der Waals surface area contributed by atoms with Crippen molar-refractivity contribution in [2.75, 3.05) is 13.2 Å². The third-order valence-electron chi connectivity index (χ3n) is 5.54. The van der Waals surface area contributed by atoms with Crippen molar-refractivity contribution in [2.45, 2.75) is 38.6 Å². The third-order valence-corrected chi connectivity index (χ3v) is 5.54. The molecule has 1 aromatic rings. The maximum Gasteiger partial charge on any atom is 0.313 e. The molecule has 2 aliphatic heterocycles. The van der Waals surface area contributed by atoms with Crippen LogP contribution in [-0.2, 0) is 11.2 Å². The van der Waals surface area contributed by atoms with Crippen LogP contribution < -0.4 is 10.1 Å². The van der Waals surface area contributed by atoms with Gasteiger partial charge >= 0.3 is 5.97 Å². The van der Waals surface area contributed by atoms with Crippen LogP contribution in [0.1, 0.15) is 37.3 Å². The van der Waals surface area contributed by atoms with Crippen LogP contribution in [0.25, 0.3) is 0 Å². The zero-order chi connectivity index (χ0) is 18.0. The van der Waals surface area contributed by atoms with Gasteiger partial charge in [0.2, 0.25) is 0 Å². The second-order valence-corrected chi connectivity index (χ2v) is 7.34. The molecule has 0 amide bonds. The fourth-order valence-electron chi connectivity index (χ4n) is 4.29. The summed E-state index contributed by atoms with van der Waals surface area (Å²) in [5.74, 6) is 2.60. The third kappa shape index (κ3) is 3.43. The van der Waals surface area contributed by atoms with Crippen molar-refractivity contribution in [3.8, 4) is 18.1 Å². The van der Waals surface area contributed by atoms with Gasteiger partial charge in [0.15, 0.2) is 0 Å². The van der Waals surface area contributed by atoms with E-state index in [1.807, 2.05) is 38.1 Å². The minimum Gasteiger partial charge on any atom is -0.493 e. The van der Waals surface area contributed by atoms with Gasteiger partial charge in [0.1, 0.15) is 17.7 Å². The van der Waals surface area contributed by atoms with Gasteiger partial charge in [-0.15, -0.1) is 6.42 Å². The molecule has 25 heavy (non-hydrogen) atoms. The Labute approximate surface area is 149 Å². The van der Waals surface area contributed by atoms with Crippen LogP contribution in [0, 0.1) is 23.7 Å². The Morgan fingerprint density at radius 3 is 3.04 bits per heavy atom. The number of carboxylic acid groups (broad SMARTS) is 1. The van der Waals surface area contributed by atoms with Crippen LogP contribution in [0.15, 0.2) is 30.4 Å². The number of nitrogens with two attached hydrogens (primary N) is 1. The smallest absolute Gasteiger partial charge is 0.313 e. The quantitative estimate of drug-likeness (QED) is 0.636. The number of carbonyl (C=O) groups is 1. The SMILES string of the molecule is C#C[C@@](C)(/C=C/C)CC1[NH2+]CC(c2ccc3c(c2)CCO3)[C@H]1C(=O)O. The summed E-state index contributed by atoms with van der Waals surface area (Å²) >= 11 is 0. The van der Waals surface area contributed by atoms with Gasteiger partial charge in [0, 0.05) is 12.8 Å². The van der Waals surface area contributed by atoms with Gasteiger partial charge in [-0.25, -0.2) is 0 Å². The highest BCUT2D eigenvalue weighted by molar-refractivity contribution is 5.72. The molecule has 0 bridgehead atoms. The van der Waals surface area contributed by atoms with E-state index in [-0.39, 0.29) is 12.0 Å². The monoisotopic (exact) mass is 340 g/mol. The number of fused-ring (bicyclic) bond motifs is 1. The highest BCUT2D eigenvalue weighted by Crippen LogP contribution is 2.37. The van der Waals surface area contributed by atoms with E-state index in [9.17, 15) is 9.90 Å². The van der Waals surface area contributed by atoms with Crippen LogP contribution >= 0.6 is 0 Å². The second kappa shape index (κ2) is 6.93. The number of aliphatic carboxylic acids is 1. The maximum atomic E-state index is 12.0. The molecule has 4 heteroatoms. The Bertz CT molecular complexity index is 733. The molecule has 1 saturated heterocycles. The van der Waals surface area contributed by atoms with Crippen molar-refractivity contribution in [2.24, 2.45) is 11.3 Å². The minimum atomic E-state index is -0.736. The summed E-state index contributed by atoms with van der Waals surface area (Å²) in [6.07, 6.45) is 11.2. The van der Waals surface area contributed by atoms with Gasteiger partial charge in [-0.3, -0.25) is 4.79 Å². The molecule has 2 aliphatic rings. The van der Waals surface area contributed by atoms with Gasteiger partial charge in [-0.2, -0.15) is 0 Å². The summed E-state index contributed by atoms with van der Waals surface area (Å²) in [4.78, 5) is 12.0. The molecule has 0 aromatic heterocycles. The summed E-state index contributed by atoms with van der Waals surface area (Å²) in [6, 6.07) is 6.11.